The number of amides is 1. The minimum atomic E-state index is -2.81. The molecule has 0 aromatic carbocycles. The van der Waals surface area contributed by atoms with Gasteiger partial charge in [0.15, 0.2) is 0 Å². The smallest absolute Gasteiger partial charge is 0.410 e. The van der Waals surface area contributed by atoms with Crippen LogP contribution in [0.5, 0.6) is 5.75 Å². The van der Waals surface area contributed by atoms with Crippen molar-refractivity contribution in [3.63, 3.8) is 0 Å². The lowest BCUT2D eigenvalue weighted by Crippen LogP contribution is -2.34. The summed E-state index contributed by atoms with van der Waals surface area (Å²) in [4.78, 5) is 18.7. The van der Waals surface area contributed by atoms with Gasteiger partial charge < -0.3 is 14.9 Å². The number of anilines is 1. The van der Waals surface area contributed by atoms with E-state index in [1.165, 1.54) is 30.6 Å². The number of nitrogens with zero attached hydrogens (tertiary/aromatic N) is 2. The Morgan fingerprint density at radius 1 is 1.32 bits per heavy atom. The Labute approximate surface area is 161 Å². The van der Waals surface area contributed by atoms with Crippen LogP contribution in [0, 0.1) is 5.92 Å². The molecule has 2 rings (SSSR count). The van der Waals surface area contributed by atoms with Crippen LogP contribution in [-0.2, 0) is 0 Å². The number of nitrogens with one attached hydrogen (secondary N) is 1. The highest BCUT2D eigenvalue weighted by Gasteiger charge is 2.25. The van der Waals surface area contributed by atoms with Gasteiger partial charge >= 0.3 is 6.09 Å². The number of carbonyl (C=O) groups is 1. The number of ether oxygens (including phenoxy) is 1. The third kappa shape index (κ3) is 6.12. The summed E-state index contributed by atoms with van der Waals surface area (Å²) in [5.74, 6) is 0.158. The van der Waals surface area contributed by atoms with Crippen molar-refractivity contribution >= 4 is 11.9 Å². The summed E-state index contributed by atoms with van der Waals surface area (Å²) in [5, 5.41) is 21.2. The Morgan fingerprint density at radius 3 is 2.64 bits per heavy atom. The minimum Gasteiger partial charge on any atom is -0.488 e. The van der Waals surface area contributed by atoms with Crippen LogP contribution in [0.15, 0.2) is 30.6 Å². The van der Waals surface area contributed by atoms with Crippen molar-refractivity contribution in [2.24, 2.45) is 5.92 Å². The monoisotopic (exact) mass is 395 g/mol. The van der Waals surface area contributed by atoms with Crippen LogP contribution in [0.2, 0.25) is 0 Å². The van der Waals surface area contributed by atoms with Gasteiger partial charge in [0.1, 0.15) is 18.2 Å². The lowest BCUT2D eigenvalue weighted by molar-refractivity contribution is -0.00657. The predicted octanol–water partition coefficient (Wildman–Crippen LogP) is 4.35. The van der Waals surface area contributed by atoms with E-state index >= 15 is 0 Å². The number of carboxylic acid groups (broad SMARTS) is 1. The molecule has 1 atom stereocenters. The molecule has 0 aliphatic rings. The second-order valence-corrected chi connectivity index (χ2v) is 7.15. The van der Waals surface area contributed by atoms with E-state index in [1.807, 2.05) is 13.8 Å². The Bertz CT molecular complexity index is 829. The molecule has 28 heavy (non-hydrogen) atoms. The molecule has 0 radical (unpaired) electrons. The number of rotatable bonds is 8. The van der Waals surface area contributed by atoms with Crippen molar-refractivity contribution < 1.29 is 28.5 Å². The summed E-state index contributed by atoms with van der Waals surface area (Å²) in [6, 6.07) is 4.09. The molecule has 3 N–H and O–H groups in total. The van der Waals surface area contributed by atoms with Crippen molar-refractivity contribution in [2.75, 3.05) is 11.9 Å². The molecular weight excluding hydrogens is 372 g/mol. The maximum absolute atomic E-state index is 13.5. The average Bonchev–Trinajstić information content (AvgIpc) is 2.58. The molecule has 0 aliphatic carbocycles. The SMILES string of the molecule is CC(C)CC(C)(O)COc1cnc(-c2ccnc(NC(=O)O)c2)cc1C(F)F. The first-order valence-corrected chi connectivity index (χ1v) is 8.67. The summed E-state index contributed by atoms with van der Waals surface area (Å²) in [5.41, 5.74) is -0.893. The highest BCUT2D eigenvalue weighted by atomic mass is 19.3. The third-order valence-electron chi connectivity index (χ3n) is 3.81. The van der Waals surface area contributed by atoms with Gasteiger partial charge in [-0.05, 0) is 37.5 Å². The molecule has 9 heteroatoms. The first-order valence-electron chi connectivity index (χ1n) is 8.67. The highest BCUT2D eigenvalue weighted by molar-refractivity contribution is 5.82. The molecule has 1 unspecified atom stereocenters. The van der Waals surface area contributed by atoms with E-state index in [0.717, 1.165) is 0 Å². The lowest BCUT2D eigenvalue weighted by Gasteiger charge is -2.25. The van der Waals surface area contributed by atoms with Crippen LogP contribution < -0.4 is 10.1 Å². The average molecular weight is 395 g/mol. The van der Waals surface area contributed by atoms with Gasteiger partial charge in [-0.15, -0.1) is 0 Å². The van der Waals surface area contributed by atoms with Gasteiger partial charge in [-0.2, -0.15) is 0 Å². The van der Waals surface area contributed by atoms with Gasteiger partial charge in [0.25, 0.3) is 6.43 Å². The van der Waals surface area contributed by atoms with Crippen LogP contribution in [0.3, 0.4) is 0 Å². The summed E-state index contributed by atoms with van der Waals surface area (Å²) in [6.07, 6.45) is -1.13. The van der Waals surface area contributed by atoms with Crippen LogP contribution >= 0.6 is 0 Å². The summed E-state index contributed by atoms with van der Waals surface area (Å²) in [6.45, 7) is 5.33. The number of hydrogen-bond acceptors (Lipinski definition) is 5. The fourth-order valence-electron chi connectivity index (χ4n) is 2.85. The van der Waals surface area contributed by atoms with E-state index in [2.05, 4.69) is 15.3 Å². The quantitative estimate of drug-likeness (QED) is 0.614. The first-order chi connectivity index (χ1) is 13.1. The second-order valence-electron chi connectivity index (χ2n) is 7.15. The van der Waals surface area contributed by atoms with Crippen LogP contribution in [-0.4, -0.2) is 38.5 Å². The highest BCUT2D eigenvalue weighted by Crippen LogP contribution is 2.33. The largest absolute Gasteiger partial charge is 0.488 e. The number of pyridine rings is 2. The minimum absolute atomic E-state index is 0.0513. The van der Waals surface area contributed by atoms with E-state index < -0.39 is 18.1 Å². The summed E-state index contributed by atoms with van der Waals surface area (Å²) >= 11 is 0. The number of aliphatic hydroxyl groups is 1. The normalized spacial score (nSPS) is 13.4. The molecule has 0 bridgehead atoms. The standard InChI is InChI=1S/C19H23F2N3O4/c1-11(2)8-19(3,27)10-28-15-9-23-14(7-13(15)17(20)21)12-4-5-22-16(6-12)24-18(25)26/h4-7,9,11,17,27H,8,10H2,1-3H3,(H,22,24)(H,25,26). The molecule has 0 spiro atoms. The van der Waals surface area contributed by atoms with Crippen molar-refractivity contribution in [1.82, 2.24) is 9.97 Å². The molecule has 0 saturated heterocycles. The summed E-state index contributed by atoms with van der Waals surface area (Å²) < 4.78 is 32.5. The zero-order chi connectivity index (χ0) is 20.9. The zero-order valence-corrected chi connectivity index (χ0v) is 15.8. The molecule has 1 amide bonds. The first kappa shape index (κ1) is 21.5. The van der Waals surface area contributed by atoms with Crippen LogP contribution in [0.25, 0.3) is 11.3 Å². The molecule has 2 aromatic heterocycles. The number of alkyl halides is 2. The van der Waals surface area contributed by atoms with Crippen molar-refractivity contribution in [2.45, 2.75) is 39.2 Å². The van der Waals surface area contributed by atoms with Crippen molar-refractivity contribution in [1.29, 1.82) is 0 Å². The number of halogens is 2. The molecule has 2 heterocycles. The second kappa shape index (κ2) is 8.92. The van der Waals surface area contributed by atoms with Gasteiger partial charge in [-0.25, -0.2) is 18.6 Å². The third-order valence-corrected chi connectivity index (χ3v) is 3.81. The lowest BCUT2D eigenvalue weighted by atomic mass is 9.95. The molecular formula is C19H23F2N3O4. The molecule has 152 valence electrons. The number of aromatic nitrogens is 2. The Hall–Kier alpha value is -2.81. The Balaban J connectivity index is 2.27. The van der Waals surface area contributed by atoms with E-state index in [-0.39, 0.29) is 35.3 Å². The fourth-order valence-corrected chi connectivity index (χ4v) is 2.85. The Kier molecular flexibility index (Phi) is 6.85. The van der Waals surface area contributed by atoms with E-state index in [1.54, 1.807) is 6.92 Å². The molecule has 0 saturated carbocycles. The van der Waals surface area contributed by atoms with Gasteiger partial charge in [-0.1, -0.05) is 13.8 Å². The van der Waals surface area contributed by atoms with E-state index in [4.69, 9.17) is 9.84 Å². The fraction of sp³-hybridized carbons (Fsp3) is 0.421. The molecule has 2 aromatic rings. The maximum Gasteiger partial charge on any atom is 0.410 e. The van der Waals surface area contributed by atoms with Crippen molar-refractivity contribution in [3.8, 4) is 17.0 Å². The van der Waals surface area contributed by atoms with E-state index in [9.17, 15) is 18.7 Å². The van der Waals surface area contributed by atoms with E-state index in [0.29, 0.717) is 12.0 Å². The topological polar surface area (TPSA) is 105 Å². The van der Waals surface area contributed by atoms with Crippen LogP contribution in [0.1, 0.15) is 39.2 Å². The van der Waals surface area contributed by atoms with Gasteiger partial charge in [-0.3, -0.25) is 10.3 Å². The number of hydrogen-bond donors (Lipinski definition) is 3. The molecule has 0 fully saturated rings. The van der Waals surface area contributed by atoms with Gasteiger partial charge in [0.2, 0.25) is 0 Å². The predicted molar refractivity (Wildman–Crippen MR) is 99.6 cm³/mol. The van der Waals surface area contributed by atoms with Gasteiger partial charge in [0, 0.05) is 11.8 Å². The van der Waals surface area contributed by atoms with Crippen LogP contribution in [0.4, 0.5) is 19.4 Å². The molecule has 0 aliphatic heterocycles. The van der Waals surface area contributed by atoms with Gasteiger partial charge in [0.05, 0.1) is 23.1 Å². The maximum atomic E-state index is 13.5. The Morgan fingerprint density at radius 2 is 2.04 bits per heavy atom. The summed E-state index contributed by atoms with van der Waals surface area (Å²) in [7, 11) is 0. The zero-order valence-electron chi connectivity index (χ0n) is 15.8. The van der Waals surface area contributed by atoms with Crippen molar-refractivity contribution in [3.05, 3.63) is 36.2 Å². The molecule has 7 nitrogen and oxygen atoms in total.